The number of hydrogen-bond donors (Lipinski definition) is 2. The summed E-state index contributed by atoms with van der Waals surface area (Å²) in [6.45, 7) is 0. The Kier molecular flexibility index (Phi) is 4.78. The minimum Gasteiger partial charge on any atom is -0.412 e. The van der Waals surface area contributed by atoms with Crippen molar-refractivity contribution in [2.75, 3.05) is 5.75 Å². The number of amidine groups is 1. The summed E-state index contributed by atoms with van der Waals surface area (Å²) in [5, 5.41) is 0. The number of halogens is 1. The molecule has 5 heteroatoms. The van der Waals surface area contributed by atoms with Crippen molar-refractivity contribution in [3.8, 4) is 0 Å². The fraction of sp³-hybridized carbons (Fsp3) is 0.917. The topological polar surface area (TPSA) is 69.9 Å². The second-order valence-corrected chi connectivity index (χ2v) is 6.22. The number of nitrogens with two attached hydrogens (primary N) is 1. The van der Waals surface area contributed by atoms with Crippen LogP contribution in [-0.4, -0.2) is 22.6 Å². The van der Waals surface area contributed by atoms with E-state index in [4.69, 9.17) is 10.7 Å². The summed E-state index contributed by atoms with van der Waals surface area (Å²) in [6.07, 6.45) is 8.30. The highest BCUT2D eigenvalue weighted by Gasteiger charge is 2.50. The van der Waals surface area contributed by atoms with Crippen LogP contribution in [0.4, 0.5) is 0 Å². The second-order valence-electron chi connectivity index (χ2n) is 5.90. The number of aliphatic imine (C=N–C) groups is 1. The number of rotatable bonds is 2. The monoisotopic (exact) mass is 278 g/mol. The van der Waals surface area contributed by atoms with Gasteiger partial charge in [0.25, 0.3) is 0 Å². The van der Waals surface area contributed by atoms with E-state index in [1.165, 1.54) is 38.5 Å². The van der Waals surface area contributed by atoms with Gasteiger partial charge in [0.2, 0.25) is 0 Å². The molecule has 4 N–H and O–H groups in total. The van der Waals surface area contributed by atoms with Gasteiger partial charge in [-0.2, -0.15) is 12.6 Å². The van der Waals surface area contributed by atoms with Crippen LogP contribution >= 0.6 is 25.0 Å². The molecule has 0 unspecified atom stereocenters. The van der Waals surface area contributed by atoms with Crippen LogP contribution in [0.15, 0.2) is 4.99 Å². The predicted molar refractivity (Wildman–Crippen MR) is 77.2 cm³/mol. The van der Waals surface area contributed by atoms with Crippen LogP contribution in [0.5, 0.6) is 0 Å². The largest absolute Gasteiger partial charge is 0.412 e. The first-order valence-electron chi connectivity index (χ1n) is 6.14. The van der Waals surface area contributed by atoms with E-state index in [0.717, 1.165) is 23.6 Å². The third-order valence-electron chi connectivity index (χ3n) is 4.55. The second kappa shape index (κ2) is 5.37. The van der Waals surface area contributed by atoms with Gasteiger partial charge >= 0.3 is 0 Å². The Morgan fingerprint density at radius 3 is 1.88 bits per heavy atom. The molecule has 17 heavy (non-hydrogen) atoms. The van der Waals surface area contributed by atoms with Crippen LogP contribution in [0.25, 0.3) is 0 Å². The van der Waals surface area contributed by atoms with Crippen molar-refractivity contribution < 1.29 is 5.48 Å². The van der Waals surface area contributed by atoms with Gasteiger partial charge in [0.05, 0.1) is 5.54 Å². The Labute approximate surface area is 115 Å². The molecule has 4 fully saturated rings. The molecule has 0 saturated heterocycles. The van der Waals surface area contributed by atoms with E-state index < -0.39 is 0 Å². The van der Waals surface area contributed by atoms with E-state index in [2.05, 4.69) is 12.6 Å². The minimum absolute atomic E-state index is 0. The molecule has 0 spiro atoms. The highest BCUT2D eigenvalue weighted by molar-refractivity contribution is 7.81. The SMILES string of the molecule is Cl.NC(CS)=NC12CC3CC(CC(C3)C1)C2.O. The summed E-state index contributed by atoms with van der Waals surface area (Å²) in [7, 11) is 0. The van der Waals surface area contributed by atoms with Gasteiger partial charge in [-0.25, -0.2) is 0 Å². The first-order chi connectivity index (χ1) is 7.19. The summed E-state index contributed by atoms with van der Waals surface area (Å²) in [6, 6.07) is 0. The maximum absolute atomic E-state index is 5.87. The fourth-order valence-corrected chi connectivity index (χ4v) is 4.61. The Morgan fingerprint density at radius 1 is 1.12 bits per heavy atom. The zero-order chi connectivity index (χ0) is 10.5. The lowest BCUT2D eigenvalue weighted by Gasteiger charge is -2.55. The summed E-state index contributed by atoms with van der Waals surface area (Å²) >= 11 is 4.21. The van der Waals surface area contributed by atoms with Gasteiger partial charge in [-0.15, -0.1) is 12.4 Å². The van der Waals surface area contributed by atoms with E-state index in [0.29, 0.717) is 5.75 Å². The van der Waals surface area contributed by atoms with Gasteiger partial charge in [0.15, 0.2) is 0 Å². The molecule has 4 saturated carbocycles. The summed E-state index contributed by atoms with van der Waals surface area (Å²) in [5.41, 5.74) is 6.11. The van der Waals surface area contributed by atoms with Gasteiger partial charge in [-0.1, -0.05) is 0 Å². The highest BCUT2D eigenvalue weighted by Crippen LogP contribution is 2.57. The van der Waals surface area contributed by atoms with E-state index in [-0.39, 0.29) is 23.4 Å². The number of nitrogens with zero attached hydrogens (tertiary/aromatic N) is 1. The molecule has 100 valence electrons. The van der Waals surface area contributed by atoms with E-state index in [1.807, 2.05) is 0 Å². The normalized spacial score (nSPS) is 42.9. The van der Waals surface area contributed by atoms with Gasteiger partial charge in [0, 0.05) is 5.75 Å². The highest BCUT2D eigenvalue weighted by atomic mass is 35.5. The summed E-state index contributed by atoms with van der Waals surface area (Å²) < 4.78 is 0. The zero-order valence-electron chi connectivity index (χ0n) is 10.1. The van der Waals surface area contributed by atoms with Crippen molar-refractivity contribution in [1.82, 2.24) is 0 Å². The third kappa shape index (κ3) is 2.74. The first-order valence-corrected chi connectivity index (χ1v) is 6.77. The van der Waals surface area contributed by atoms with E-state index >= 15 is 0 Å². The molecule has 0 atom stereocenters. The molecule has 4 aliphatic carbocycles. The van der Waals surface area contributed by atoms with E-state index in [1.54, 1.807) is 0 Å². The zero-order valence-corrected chi connectivity index (χ0v) is 11.8. The molecule has 0 amide bonds. The van der Waals surface area contributed by atoms with Crippen molar-refractivity contribution in [2.24, 2.45) is 28.5 Å². The van der Waals surface area contributed by atoms with Gasteiger partial charge in [-0.3, -0.25) is 4.99 Å². The predicted octanol–water partition coefficient (Wildman–Crippen LogP) is 1.84. The smallest absolute Gasteiger partial charge is 0.104 e. The van der Waals surface area contributed by atoms with Crippen LogP contribution in [0.1, 0.15) is 38.5 Å². The van der Waals surface area contributed by atoms with Crippen LogP contribution in [0.2, 0.25) is 0 Å². The lowest BCUT2D eigenvalue weighted by Crippen LogP contribution is -2.50. The third-order valence-corrected chi connectivity index (χ3v) is 4.87. The summed E-state index contributed by atoms with van der Waals surface area (Å²) in [4.78, 5) is 4.81. The molecule has 0 aromatic carbocycles. The lowest BCUT2D eigenvalue weighted by atomic mass is 9.53. The molecule has 3 nitrogen and oxygen atoms in total. The molecule has 0 heterocycles. The molecule has 0 radical (unpaired) electrons. The molecule has 0 aromatic rings. The maximum Gasteiger partial charge on any atom is 0.104 e. The standard InChI is InChI=1S/C12H20N2S.ClH.H2O/c13-11(7-15)14-12-4-8-1-9(5-12)3-10(2-8)6-12;;/h8-10,15H,1-7H2,(H2,13,14);1H;1H2. The lowest BCUT2D eigenvalue weighted by molar-refractivity contribution is 0.00162. The van der Waals surface area contributed by atoms with E-state index in [9.17, 15) is 0 Å². The Morgan fingerprint density at radius 2 is 1.53 bits per heavy atom. The maximum atomic E-state index is 5.87. The molecular weight excluding hydrogens is 256 g/mol. The van der Waals surface area contributed by atoms with Crippen molar-refractivity contribution >= 4 is 30.9 Å². The molecule has 4 aliphatic rings. The fourth-order valence-electron chi connectivity index (χ4n) is 4.54. The number of hydrogen-bond acceptors (Lipinski definition) is 2. The molecular formula is C12H23ClN2OS. The minimum atomic E-state index is 0. The molecule has 4 rings (SSSR count). The van der Waals surface area contributed by atoms with Crippen molar-refractivity contribution in [3.63, 3.8) is 0 Å². The molecule has 0 aliphatic heterocycles. The number of thiol groups is 1. The average Bonchev–Trinajstić information content (AvgIpc) is 2.14. The van der Waals surface area contributed by atoms with Crippen molar-refractivity contribution in [3.05, 3.63) is 0 Å². The quantitative estimate of drug-likeness (QED) is 0.452. The molecule has 0 aromatic heterocycles. The van der Waals surface area contributed by atoms with Crippen molar-refractivity contribution in [2.45, 2.75) is 44.1 Å². The Bertz CT molecular complexity index is 274. The van der Waals surface area contributed by atoms with Crippen LogP contribution < -0.4 is 5.73 Å². The summed E-state index contributed by atoms with van der Waals surface area (Å²) in [5.74, 6) is 4.22. The van der Waals surface area contributed by atoms with Crippen LogP contribution in [-0.2, 0) is 0 Å². The van der Waals surface area contributed by atoms with Gasteiger partial charge in [-0.05, 0) is 56.3 Å². The molecule has 4 bridgehead atoms. The Hall–Kier alpha value is 0.0700. The van der Waals surface area contributed by atoms with Crippen molar-refractivity contribution in [1.29, 1.82) is 0 Å². The van der Waals surface area contributed by atoms with Gasteiger partial charge < -0.3 is 11.2 Å². The van der Waals surface area contributed by atoms with Crippen LogP contribution in [0.3, 0.4) is 0 Å². The first kappa shape index (κ1) is 15.1. The Balaban J connectivity index is 0.000000722. The average molecular weight is 279 g/mol. The van der Waals surface area contributed by atoms with Crippen LogP contribution in [0, 0.1) is 17.8 Å². The van der Waals surface area contributed by atoms with Gasteiger partial charge in [0.1, 0.15) is 5.84 Å².